The Hall–Kier alpha value is -0.760. The fourth-order valence-electron chi connectivity index (χ4n) is 0.348. The summed E-state index contributed by atoms with van der Waals surface area (Å²) in [6, 6.07) is 0. The van der Waals surface area contributed by atoms with Gasteiger partial charge in [0.1, 0.15) is 0 Å². The number of rotatable bonds is 0. The summed E-state index contributed by atoms with van der Waals surface area (Å²) in [4.78, 5) is 4.73. The van der Waals surface area contributed by atoms with E-state index in [1.807, 2.05) is 12.2 Å². The summed E-state index contributed by atoms with van der Waals surface area (Å²) in [6.07, 6.45) is 6.96. The van der Waals surface area contributed by atoms with Crippen LogP contribution < -0.4 is 5.47 Å². The van der Waals surface area contributed by atoms with Crippen LogP contribution in [-0.2, 0) is 4.84 Å². The largest absolute Gasteiger partial charge is 0.274 e. The van der Waals surface area contributed by atoms with Gasteiger partial charge in [0, 0.05) is 6.20 Å². The second kappa shape index (κ2) is 2.42. The Bertz CT molecular complexity index is 122. The maximum Gasteiger partial charge on any atom is 0.195 e. The highest BCUT2D eigenvalue weighted by Crippen LogP contribution is 1.80. The van der Waals surface area contributed by atoms with Crippen LogP contribution in [0.3, 0.4) is 0 Å². The lowest BCUT2D eigenvalue weighted by Crippen LogP contribution is -2.03. The van der Waals surface area contributed by atoms with Crippen LogP contribution in [0.4, 0.5) is 0 Å². The molecule has 0 saturated carbocycles. The Kier molecular flexibility index (Phi) is 1.13. The molecule has 0 spiro atoms. The van der Waals surface area contributed by atoms with Crippen molar-refractivity contribution in [2.75, 3.05) is 6.61 Å². The average molecular weight is 98.1 g/mol. The zero-order valence-corrected chi connectivity index (χ0v) is 3.87. The van der Waals surface area contributed by atoms with Crippen LogP contribution >= 0.6 is 0 Å². The Morgan fingerprint density at radius 3 is 3.71 bits per heavy atom. The molecule has 38 valence electrons. The van der Waals surface area contributed by atoms with Crippen LogP contribution in [0.5, 0.6) is 0 Å². The summed E-state index contributed by atoms with van der Waals surface area (Å²) in [6.45, 7) is 0.483. The highest BCUT2D eigenvalue weighted by Gasteiger charge is 1.77. The minimum atomic E-state index is 0.483. The van der Waals surface area contributed by atoms with E-state index in [1.165, 1.54) is 6.20 Å². The first kappa shape index (κ1) is 3.27. The second-order valence-electron chi connectivity index (χ2n) is 1.17. The molecular weight excluding hydrogens is 90.1 g/mol. The fraction of sp³-hybridized carbons (Fsp3) is 0.200. The monoisotopic (exact) mass is 98.1 g/mol. The van der Waals surface area contributed by atoms with E-state index < -0.39 is 0 Å². The molecule has 7 heavy (non-hydrogen) atoms. The minimum absolute atomic E-state index is 0.483. The summed E-state index contributed by atoms with van der Waals surface area (Å²) in [5.41, 5.74) is 0.931. The molecule has 1 aliphatic heterocycles. The molecule has 0 aliphatic carbocycles. The van der Waals surface area contributed by atoms with Crippen LogP contribution in [0.25, 0.3) is 0 Å². The molecule has 1 aliphatic rings. The fourth-order valence-corrected chi connectivity index (χ4v) is 0.348. The van der Waals surface area contributed by atoms with Gasteiger partial charge in [-0.3, -0.25) is 10.3 Å². The lowest BCUT2D eigenvalue weighted by molar-refractivity contribution is 0.0969. The lowest BCUT2D eigenvalue weighted by Gasteiger charge is -1.91. The third-order valence-corrected chi connectivity index (χ3v) is 0.639. The summed E-state index contributed by atoms with van der Waals surface area (Å²) in [5, 5.41) is 0. The summed E-state index contributed by atoms with van der Waals surface area (Å²) in [7, 11) is 0. The highest BCUT2D eigenvalue weighted by molar-refractivity contribution is 5.02. The molecule has 2 nitrogen and oxygen atoms in total. The predicted octanol–water partition coefficient (Wildman–Crippen LogP) is 0.591. The van der Waals surface area contributed by atoms with E-state index in [2.05, 4.69) is 0 Å². The van der Waals surface area contributed by atoms with Crippen molar-refractivity contribution in [3.05, 3.63) is 24.4 Å². The number of hydrogen-bond donors (Lipinski definition) is 1. The molecule has 0 aromatic carbocycles. The van der Waals surface area contributed by atoms with Crippen molar-refractivity contribution >= 4 is 0 Å². The molecule has 0 radical (unpaired) electrons. The minimum Gasteiger partial charge on any atom is -0.274 e. The average Bonchev–Trinajstić information content (AvgIpc) is 1.94. The second-order valence-corrected chi connectivity index (χ2v) is 1.17. The van der Waals surface area contributed by atoms with Gasteiger partial charge in [0.25, 0.3) is 0 Å². The van der Waals surface area contributed by atoms with Crippen molar-refractivity contribution in [1.29, 1.82) is 0 Å². The molecule has 2 heteroatoms. The van der Waals surface area contributed by atoms with Crippen molar-refractivity contribution < 1.29 is 6.25 Å². The Balaban J connectivity index is 2.46. The molecule has 0 saturated heterocycles. The quantitative estimate of drug-likeness (QED) is 0.478. The Labute approximate surface area is 43.9 Å². The van der Waals surface area contributed by atoms with Gasteiger partial charge in [-0.15, -0.1) is 0 Å². The van der Waals surface area contributed by atoms with Crippen LogP contribution in [0, 0.1) is 0 Å². The Morgan fingerprint density at radius 2 is 2.71 bits per heavy atom. The highest BCUT2D eigenvalue weighted by atomic mass is 16.6. The van der Waals surface area contributed by atoms with Crippen molar-refractivity contribution in [2.45, 2.75) is 0 Å². The van der Waals surface area contributed by atoms with E-state index in [9.17, 15) is 0 Å². The third kappa shape index (κ3) is 1.41. The molecule has 1 rings (SSSR count). The molecule has 0 aromatic heterocycles. The van der Waals surface area contributed by atoms with Gasteiger partial charge in [0.05, 0.1) is 6.61 Å². The first-order chi connectivity index (χ1) is 3.89. The standard InChI is InChI=1S/C5H7NO/c1-2-4-6-7-5-3-1/h1-4,6H,5H2/i/hD. The predicted molar refractivity (Wildman–Crippen MR) is 27.4 cm³/mol. The van der Waals surface area contributed by atoms with E-state index in [-0.39, 0.29) is 0 Å². The van der Waals surface area contributed by atoms with Gasteiger partial charge < -0.3 is 0 Å². The smallest absolute Gasteiger partial charge is 0.195 e. The molecular formula is C5H7NO. The van der Waals surface area contributed by atoms with E-state index in [4.69, 9.17) is 6.25 Å². The zero-order chi connectivity index (χ0) is 5.82. The number of nitrogens with one attached hydrogen (secondary N) is 1. The van der Waals surface area contributed by atoms with Gasteiger partial charge in [-0.25, -0.2) is 0 Å². The topological polar surface area (TPSA) is 21.3 Å². The van der Waals surface area contributed by atoms with Gasteiger partial charge in [0.2, 0.25) is 0 Å². The first-order valence-corrected chi connectivity index (χ1v) is 2.14. The number of hydrogen-bond acceptors (Lipinski definition) is 2. The maximum atomic E-state index is 6.90. The van der Waals surface area contributed by atoms with Crippen LogP contribution in [0.2, 0.25) is 1.41 Å². The van der Waals surface area contributed by atoms with E-state index in [0.29, 0.717) is 6.61 Å². The number of allylic oxidation sites excluding steroid dienone is 2. The van der Waals surface area contributed by atoms with Crippen LogP contribution in [-0.4, -0.2) is 6.61 Å². The molecule has 0 atom stereocenters. The van der Waals surface area contributed by atoms with E-state index >= 15 is 0 Å². The molecule has 1 heterocycles. The normalized spacial score (nSPS) is 21.7. The van der Waals surface area contributed by atoms with Crippen LogP contribution in [0.1, 0.15) is 0 Å². The third-order valence-electron chi connectivity index (χ3n) is 0.639. The van der Waals surface area contributed by atoms with Gasteiger partial charge >= 0.3 is 0 Å². The first-order valence-electron chi connectivity index (χ1n) is 2.58. The molecule has 0 unspecified atom stereocenters. The van der Waals surface area contributed by atoms with E-state index in [0.717, 1.165) is 5.47 Å². The van der Waals surface area contributed by atoms with Crippen LogP contribution in [0.15, 0.2) is 24.4 Å². The molecule has 1 N–H and O–H groups in total. The Morgan fingerprint density at radius 1 is 1.71 bits per heavy atom. The van der Waals surface area contributed by atoms with Crippen molar-refractivity contribution in [2.24, 2.45) is 0 Å². The SMILES string of the molecule is [2H]N1C=CC=CCO1. The molecule has 0 fully saturated rings. The van der Waals surface area contributed by atoms with Crippen molar-refractivity contribution in [3.63, 3.8) is 0 Å². The summed E-state index contributed by atoms with van der Waals surface area (Å²) >= 11 is 0. The molecule has 0 amide bonds. The summed E-state index contributed by atoms with van der Waals surface area (Å²) in [5.74, 6) is 0. The lowest BCUT2D eigenvalue weighted by atomic mass is 10.5. The number of hydroxylamine groups is 1. The molecule has 0 aromatic rings. The van der Waals surface area contributed by atoms with Crippen molar-refractivity contribution in [1.82, 2.24) is 5.47 Å². The zero-order valence-electron chi connectivity index (χ0n) is 4.87. The van der Waals surface area contributed by atoms with Gasteiger partial charge in [-0.2, -0.15) is 0 Å². The van der Waals surface area contributed by atoms with Gasteiger partial charge in [0.15, 0.2) is 1.41 Å². The van der Waals surface area contributed by atoms with Crippen molar-refractivity contribution in [3.8, 4) is 0 Å². The molecule has 0 bridgehead atoms. The summed E-state index contributed by atoms with van der Waals surface area (Å²) < 4.78 is 6.90. The van der Waals surface area contributed by atoms with E-state index in [1.54, 1.807) is 6.08 Å². The maximum absolute atomic E-state index is 6.90. The van der Waals surface area contributed by atoms with Gasteiger partial charge in [-0.05, 0) is 6.08 Å². The van der Waals surface area contributed by atoms with Gasteiger partial charge in [-0.1, -0.05) is 12.2 Å².